The Balaban J connectivity index is 1.48. The van der Waals surface area contributed by atoms with Crippen molar-refractivity contribution in [1.82, 2.24) is 14.9 Å². The van der Waals surface area contributed by atoms with Crippen LogP contribution in [0.5, 0.6) is 5.75 Å². The number of piperidine rings is 1. The molecule has 4 rings (SSSR count). The van der Waals surface area contributed by atoms with Crippen LogP contribution >= 0.6 is 0 Å². The summed E-state index contributed by atoms with van der Waals surface area (Å²) in [6.45, 7) is 7.17. The summed E-state index contributed by atoms with van der Waals surface area (Å²) in [5, 5.41) is 8.31. The minimum Gasteiger partial charge on any atom is -0.493 e. The first kappa shape index (κ1) is 31.7. The second-order valence-corrected chi connectivity index (χ2v) is 11.4. The van der Waals surface area contributed by atoms with Gasteiger partial charge in [0.2, 0.25) is 5.91 Å². The summed E-state index contributed by atoms with van der Waals surface area (Å²) >= 11 is 0. The van der Waals surface area contributed by atoms with Crippen molar-refractivity contribution in [3.63, 3.8) is 0 Å². The fraction of sp³-hybridized carbons (Fsp3) is 0.419. The summed E-state index contributed by atoms with van der Waals surface area (Å²) in [4.78, 5) is 36.9. The van der Waals surface area contributed by atoms with Gasteiger partial charge in [-0.1, -0.05) is 6.07 Å². The Kier molecular flexibility index (Phi) is 9.59. The zero-order valence-electron chi connectivity index (χ0n) is 24.9. The summed E-state index contributed by atoms with van der Waals surface area (Å²) in [7, 11) is 3.73. The number of aryl methyl sites for hydroxylation is 1. The molecule has 3 aromatic rings. The number of carbonyl (C=O) groups excluding carboxylic acids is 2. The first-order chi connectivity index (χ1) is 20.3. The van der Waals surface area contributed by atoms with Crippen molar-refractivity contribution in [1.29, 1.82) is 0 Å². The smallest absolute Gasteiger partial charge is 0.420 e. The third-order valence-corrected chi connectivity index (χ3v) is 7.73. The van der Waals surface area contributed by atoms with E-state index in [1.807, 2.05) is 7.05 Å². The summed E-state index contributed by atoms with van der Waals surface area (Å²) in [6, 6.07) is 9.86. The van der Waals surface area contributed by atoms with Gasteiger partial charge in [0.25, 0.3) is 5.91 Å². The zero-order valence-corrected chi connectivity index (χ0v) is 24.9. The van der Waals surface area contributed by atoms with Gasteiger partial charge in [-0.3, -0.25) is 9.59 Å². The number of rotatable bonds is 9. The van der Waals surface area contributed by atoms with Crippen molar-refractivity contribution in [2.45, 2.75) is 45.2 Å². The first-order valence-corrected chi connectivity index (χ1v) is 14.0. The summed E-state index contributed by atoms with van der Waals surface area (Å²) in [6.07, 6.45) is -1.58. The van der Waals surface area contributed by atoms with Crippen LogP contribution < -0.4 is 20.7 Å². The van der Waals surface area contributed by atoms with E-state index in [0.29, 0.717) is 22.8 Å². The van der Waals surface area contributed by atoms with Gasteiger partial charge in [-0.05, 0) is 95.6 Å². The lowest BCUT2D eigenvalue weighted by Gasteiger charge is -2.29. The predicted molar refractivity (Wildman–Crippen MR) is 160 cm³/mol. The van der Waals surface area contributed by atoms with E-state index in [4.69, 9.17) is 4.74 Å². The molecule has 43 heavy (non-hydrogen) atoms. The number of ether oxygens (including phenoxy) is 1. The van der Waals surface area contributed by atoms with E-state index in [9.17, 15) is 22.8 Å². The molecular formula is C31H37F3N6O3. The van der Waals surface area contributed by atoms with Crippen molar-refractivity contribution in [3.05, 3.63) is 71.2 Å². The Hall–Kier alpha value is -4.19. The molecule has 0 radical (unpaired) electrons. The normalized spacial score (nSPS) is 14.7. The standard InChI is InChI=1S/C31H37F3N6O3/c1-19-6-7-21(14-24(19)39-29(42)30(2,3)26-16-27(35-4)37-18-36-26)28(41)38-22-8-9-25(23(15-22)31(32,33)34)43-17-20-10-12-40(5)13-11-20/h6-9,14-16,18,20H,10-13,17H2,1-5H3,(H,38,41)(H,39,42)(H,35,36,37). The Labute approximate surface area is 249 Å². The van der Waals surface area contributed by atoms with Crippen LogP contribution in [0, 0.1) is 12.8 Å². The quantitative estimate of drug-likeness (QED) is 0.289. The molecule has 1 aromatic heterocycles. The van der Waals surface area contributed by atoms with Crippen LogP contribution in [0.25, 0.3) is 0 Å². The fourth-order valence-electron chi connectivity index (χ4n) is 4.72. The summed E-state index contributed by atoms with van der Waals surface area (Å²) in [5.74, 6) is -0.508. The molecule has 0 aliphatic carbocycles. The number of alkyl halides is 3. The highest BCUT2D eigenvalue weighted by Gasteiger charge is 2.35. The molecule has 0 unspecified atom stereocenters. The molecular weight excluding hydrogens is 561 g/mol. The molecule has 0 spiro atoms. The van der Waals surface area contributed by atoms with Gasteiger partial charge in [0.05, 0.1) is 23.3 Å². The van der Waals surface area contributed by atoms with E-state index in [1.165, 1.54) is 24.5 Å². The van der Waals surface area contributed by atoms with Crippen molar-refractivity contribution >= 4 is 29.0 Å². The molecule has 2 aromatic carbocycles. The Bertz CT molecular complexity index is 1470. The third kappa shape index (κ3) is 7.81. The molecule has 1 aliphatic heterocycles. The highest BCUT2D eigenvalue weighted by molar-refractivity contribution is 6.06. The van der Waals surface area contributed by atoms with E-state index < -0.39 is 23.1 Å². The van der Waals surface area contributed by atoms with Crippen molar-refractivity contribution in [2.24, 2.45) is 5.92 Å². The average molecular weight is 599 g/mol. The van der Waals surface area contributed by atoms with Crippen LogP contribution in [0.15, 0.2) is 48.8 Å². The minimum absolute atomic E-state index is 0.0274. The number of halogens is 3. The molecule has 0 bridgehead atoms. The SMILES string of the molecule is CNc1cc(C(C)(C)C(=O)Nc2cc(C(=O)Nc3ccc(OCC4CCN(C)CC4)c(C(F)(F)F)c3)ccc2C)ncn1. The number of anilines is 3. The Morgan fingerprint density at radius 2 is 1.74 bits per heavy atom. The van der Waals surface area contributed by atoms with E-state index in [2.05, 4.69) is 30.8 Å². The number of nitrogens with one attached hydrogen (secondary N) is 3. The molecule has 230 valence electrons. The van der Waals surface area contributed by atoms with Gasteiger partial charge in [0.1, 0.15) is 17.9 Å². The maximum absolute atomic E-state index is 13.9. The van der Waals surface area contributed by atoms with Crippen molar-refractivity contribution in [2.75, 3.05) is 49.7 Å². The maximum atomic E-state index is 13.9. The molecule has 12 heteroatoms. The lowest BCUT2D eigenvalue weighted by molar-refractivity contribution is -0.139. The zero-order chi connectivity index (χ0) is 31.4. The van der Waals surface area contributed by atoms with Gasteiger partial charge in [-0.2, -0.15) is 13.2 Å². The monoisotopic (exact) mass is 598 g/mol. The Morgan fingerprint density at radius 3 is 2.42 bits per heavy atom. The number of likely N-dealkylation sites (tertiary alicyclic amines) is 1. The fourth-order valence-corrected chi connectivity index (χ4v) is 4.72. The molecule has 0 saturated carbocycles. The number of benzene rings is 2. The highest BCUT2D eigenvalue weighted by atomic mass is 19.4. The molecule has 1 fully saturated rings. The van der Waals surface area contributed by atoms with Crippen LogP contribution in [0.3, 0.4) is 0 Å². The van der Waals surface area contributed by atoms with E-state index in [0.717, 1.165) is 32.0 Å². The van der Waals surface area contributed by atoms with Crippen molar-refractivity contribution < 1.29 is 27.5 Å². The van der Waals surface area contributed by atoms with Gasteiger partial charge < -0.3 is 25.6 Å². The number of amides is 2. The lowest BCUT2D eigenvalue weighted by Crippen LogP contribution is -2.36. The van der Waals surface area contributed by atoms with Gasteiger partial charge >= 0.3 is 6.18 Å². The summed E-state index contributed by atoms with van der Waals surface area (Å²) < 4.78 is 47.4. The number of hydrogen-bond donors (Lipinski definition) is 3. The Morgan fingerprint density at radius 1 is 1.02 bits per heavy atom. The molecule has 9 nitrogen and oxygen atoms in total. The molecule has 2 heterocycles. The second kappa shape index (κ2) is 13.0. The van der Waals surface area contributed by atoms with Crippen LogP contribution in [0.4, 0.5) is 30.4 Å². The van der Waals surface area contributed by atoms with Crippen molar-refractivity contribution in [3.8, 4) is 5.75 Å². The topological polar surface area (TPSA) is 108 Å². The molecule has 1 saturated heterocycles. The number of aromatic nitrogens is 2. The lowest BCUT2D eigenvalue weighted by atomic mass is 9.87. The highest BCUT2D eigenvalue weighted by Crippen LogP contribution is 2.38. The number of nitrogens with zero attached hydrogens (tertiary/aromatic N) is 3. The van der Waals surface area contributed by atoms with Gasteiger partial charge in [0.15, 0.2) is 0 Å². The molecule has 1 aliphatic rings. The minimum atomic E-state index is -4.67. The van der Waals surface area contributed by atoms with E-state index >= 15 is 0 Å². The van der Waals surface area contributed by atoms with Crippen LogP contribution in [0.2, 0.25) is 0 Å². The van der Waals surface area contributed by atoms with E-state index in [-0.39, 0.29) is 35.4 Å². The first-order valence-electron chi connectivity index (χ1n) is 14.0. The number of carbonyl (C=O) groups is 2. The van der Waals surface area contributed by atoms with Crippen LogP contribution in [-0.4, -0.2) is 60.5 Å². The van der Waals surface area contributed by atoms with Gasteiger partial charge in [0, 0.05) is 30.1 Å². The molecule has 3 N–H and O–H groups in total. The third-order valence-electron chi connectivity index (χ3n) is 7.73. The van der Waals surface area contributed by atoms with Crippen LogP contribution in [-0.2, 0) is 16.4 Å². The van der Waals surface area contributed by atoms with Gasteiger partial charge in [-0.15, -0.1) is 0 Å². The average Bonchev–Trinajstić information content (AvgIpc) is 2.97. The van der Waals surface area contributed by atoms with Crippen LogP contribution in [0.1, 0.15) is 53.9 Å². The molecule has 0 atom stereocenters. The second-order valence-electron chi connectivity index (χ2n) is 11.4. The maximum Gasteiger partial charge on any atom is 0.420 e. The van der Waals surface area contributed by atoms with E-state index in [1.54, 1.807) is 46.0 Å². The van der Waals surface area contributed by atoms with Gasteiger partial charge in [-0.25, -0.2) is 9.97 Å². The number of hydrogen-bond acceptors (Lipinski definition) is 7. The summed E-state index contributed by atoms with van der Waals surface area (Å²) in [5.41, 5.74) is -0.273. The largest absolute Gasteiger partial charge is 0.493 e. The molecule has 2 amide bonds. The predicted octanol–water partition coefficient (Wildman–Crippen LogP) is 5.73.